The highest BCUT2D eigenvalue weighted by Gasteiger charge is 2.28. The zero-order chi connectivity index (χ0) is 12.5. The van der Waals surface area contributed by atoms with Crippen LogP contribution in [0.1, 0.15) is 43.0 Å². The number of pyridine rings is 1. The van der Waals surface area contributed by atoms with Crippen molar-refractivity contribution in [3.8, 4) is 0 Å². The molecular weight excluding hydrogens is 218 g/mol. The van der Waals surface area contributed by atoms with Gasteiger partial charge in [0.1, 0.15) is 5.82 Å². The molecule has 0 spiro atoms. The summed E-state index contributed by atoms with van der Waals surface area (Å²) in [5, 5.41) is 12.3. The first-order valence-electron chi connectivity index (χ1n) is 5.77. The van der Waals surface area contributed by atoms with Crippen LogP contribution in [0.2, 0.25) is 0 Å². The fraction of sp³-hybridized carbons (Fsp3) is 0.500. The van der Waals surface area contributed by atoms with Crippen LogP contribution < -0.4 is 11.1 Å². The van der Waals surface area contributed by atoms with Crippen LogP contribution in [0, 0.1) is 0 Å². The Kier molecular flexibility index (Phi) is 2.92. The lowest BCUT2D eigenvalue weighted by Crippen LogP contribution is -2.31. The SMILES string of the molecule is CC1(Nc2cc(C(=O)O)c(N)cn2)CCCC1. The van der Waals surface area contributed by atoms with Crippen molar-refractivity contribution in [2.45, 2.75) is 38.1 Å². The molecule has 0 unspecified atom stereocenters. The van der Waals surface area contributed by atoms with Crippen molar-refractivity contribution < 1.29 is 9.90 Å². The Labute approximate surface area is 100 Å². The van der Waals surface area contributed by atoms with Crippen LogP contribution in [-0.4, -0.2) is 21.6 Å². The minimum absolute atomic E-state index is 0.0267. The first kappa shape index (κ1) is 11.7. The molecule has 0 atom stereocenters. The third-order valence-electron chi connectivity index (χ3n) is 3.30. The summed E-state index contributed by atoms with van der Waals surface area (Å²) in [4.78, 5) is 15.1. The van der Waals surface area contributed by atoms with Gasteiger partial charge >= 0.3 is 5.97 Å². The van der Waals surface area contributed by atoms with E-state index in [-0.39, 0.29) is 16.8 Å². The van der Waals surface area contributed by atoms with Gasteiger partial charge in [0.2, 0.25) is 0 Å². The van der Waals surface area contributed by atoms with E-state index in [0.29, 0.717) is 5.82 Å². The summed E-state index contributed by atoms with van der Waals surface area (Å²) in [6.45, 7) is 2.14. The Balaban J connectivity index is 2.22. The molecule has 0 aromatic carbocycles. The average Bonchev–Trinajstić information content (AvgIpc) is 2.67. The number of hydrogen-bond donors (Lipinski definition) is 3. The predicted octanol–water partition coefficient (Wildman–Crippen LogP) is 2.11. The van der Waals surface area contributed by atoms with E-state index >= 15 is 0 Å². The number of rotatable bonds is 3. The molecule has 4 N–H and O–H groups in total. The molecule has 17 heavy (non-hydrogen) atoms. The number of nitrogens with one attached hydrogen (secondary N) is 1. The van der Waals surface area contributed by atoms with Crippen molar-refractivity contribution in [1.82, 2.24) is 4.98 Å². The average molecular weight is 235 g/mol. The van der Waals surface area contributed by atoms with Crippen molar-refractivity contribution in [1.29, 1.82) is 0 Å². The van der Waals surface area contributed by atoms with Gasteiger partial charge in [-0.15, -0.1) is 0 Å². The summed E-state index contributed by atoms with van der Waals surface area (Å²) in [6, 6.07) is 1.50. The molecule has 0 saturated heterocycles. The summed E-state index contributed by atoms with van der Waals surface area (Å²) in [5.74, 6) is -0.439. The number of anilines is 2. The van der Waals surface area contributed by atoms with E-state index in [1.54, 1.807) is 0 Å². The first-order chi connectivity index (χ1) is 8.00. The number of aromatic carboxylic acids is 1. The van der Waals surface area contributed by atoms with E-state index in [4.69, 9.17) is 10.8 Å². The van der Waals surface area contributed by atoms with Gasteiger partial charge in [0.05, 0.1) is 17.4 Å². The second kappa shape index (κ2) is 4.24. The maximum atomic E-state index is 11.0. The summed E-state index contributed by atoms with van der Waals surface area (Å²) in [6.07, 6.45) is 5.96. The highest BCUT2D eigenvalue weighted by atomic mass is 16.4. The molecule has 0 aliphatic heterocycles. The summed E-state index contributed by atoms with van der Waals surface area (Å²) < 4.78 is 0. The van der Waals surface area contributed by atoms with Crippen molar-refractivity contribution in [2.75, 3.05) is 11.1 Å². The monoisotopic (exact) mass is 235 g/mol. The highest BCUT2D eigenvalue weighted by Crippen LogP contribution is 2.32. The van der Waals surface area contributed by atoms with E-state index in [1.807, 2.05) is 0 Å². The number of aromatic nitrogens is 1. The lowest BCUT2D eigenvalue weighted by atomic mass is 10.0. The quantitative estimate of drug-likeness (QED) is 0.746. The van der Waals surface area contributed by atoms with Gasteiger partial charge in [-0.1, -0.05) is 12.8 Å². The van der Waals surface area contributed by atoms with E-state index in [1.165, 1.54) is 25.1 Å². The van der Waals surface area contributed by atoms with Gasteiger partial charge in [0.25, 0.3) is 0 Å². The van der Waals surface area contributed by atoms with E-state index < -0.39 is 5.97 Å². The van der Waals surface area contributed by atoms with Crippen LogP contribution in [-0.2, 0) is 0 Å². The standard InChI is InChI=1S/C12H17N3O2/c1-12(4-2-3-5-12)15-10-6-8(11(16)17)9(13)7-14-10/h6-7H,2-5,13H2,1H3,(H,14,15)(H,16,17). The zero-order valence-electron chi connectivity index (χ0n) is 9.86. The molecule has 1 heterocycles. The maximum absolute atomic E-state index is 11.0. The lowest BCUT2D eigenvalue weighted by molar-refractivity contribution is 0.0698. The lowest BCUT2D eigenvalue weighted by Gasteiger charge is -2.26. The van der Waals surface area contributed by atoms with Crippen molar-refractivity contribution in [3.63, 3.8) is 0 Å². The molecule has 0 radical (unpaired) electrons. The molecule has 1 aromatic heterocycles. The number of nitrogens with zero attached hydrogens (tertiary/aromatic N) is 1. The molecule has 1 aliphatic carbocycles. The second-order valence-corrected chi connectivity index (χ2v) is 4.85. The first-order valence-corrected chi connectivity index (χ1v) is 5.77. The van der Waals surface area contributed by atoms with Crippen LogP contribution in [0.15, 0.2) is 12.3 Å². The van der Waals surface area contributed by atoms with E-state index in [9.17, 15) is 4.79 Å². The Hall–Kier alpha value is -1.78. The smallest absolute Gasteiger partial charge is 0.337 e. The molecule has 5 heteroatoms. The van der Waals surface area contributed by atoms with E-state index in [2.05, 4.69) is 17.2 Å². The van der Waals surface area contributed by atoms with Gasteiger partial charge in [-0.2, -0.15) is 0 Å². The maximum Gasteiger partial charge on any atom is 0.337 e. The van der Waals surface area contributed by atoms with Crippen LogP contribution >= 0.6 is 0 Å². The molecule has 92 valence electrons. The predicted molar refractivity (Wildman–Crippen MR) is 66.1 cm³/mol. The van der Waals surface area contributed by atoms with Gasteiger partial charge in [0, 0.05) is 5.54 Å². The molecule has 0 amide bonds. The molecule has 0 bridgehead atoms. The fourth-order valence-corrected chi connectivity index (χ4v) is 2.31. The summed E-state index contributed by atoms with van der Waals surface area (Å²) in [7, 11) is 0. The van der Waals surface area contributed by atoms with Gasteiger partial charge in [-0.25, -0.2) is 9.78 Å². The Morgan fingerprint density at radius 3 is 2.76 bits per heavy atom. The largest absolute Gasteiger partial charge is 0.478 e. The fourth-order valence-electron chi connectivity index (χ4n) is 2.31. The van der Waals surface area contributed by atoms with Crippen LogP contribution in [0.5, 0.6) is 0 Å². The Morgan fingerprint density at radius 1 is 1.53 bits per heavy atom. The van der Waals surface area contributed by atoms with Crippen molar-refractivity contribution >= 4 is 17.5 Å². The minimum atomic E-state index is -1.02. The van der Waals surface area contributed by atoms with Gasteiger partial charge in [0.15, 0.2) is 0 Å². The third-order valence-corrected chi connectivity index (χ3v) is 3.30. The Bertz CT molecular complexity index is 439. The number of nitrogens with two attached hydrogens (primary N) is 1. The molecule has 1 fully saturated rings. The molecule has 1 aromatic rings. The topological polar surface area (TPSA) is 88.2 Å². The normalized spacial score (nSPS) is 17.9. The molecule has 2 rings (SSSR count). The third kappa shape index (κ3) is 2.49. The van der Waals surface area contributed by atoms with E-state index in [0.717, 1.165) is 12.8 Å². The number of carbonyl (C=O) groups is 1. The second-order valence-electron chi connectivity index (χ2n) is 4.85. The van der Waals surface area contributed by atoms with Gasteiger partial charge < -0.3 is 16.2 Å². The zero-order valence-corrected chi connectivity index (χ0v) is 9.86. The van der Waals surface area contributed by atoms with Crippen molar-refractivity contribution in [3.05, 3.63) is 17.8 Å². The molecule has 1 aliphatic rings. The summed E-state index contributed by atoms with van der Waals surface area (Å²) in [5.41, 5.74) is 5.88. The number of carboxylic acids is 1. The molecule has 5 nitrogen and oxygen atoms in total. The Morgan fingerprint density at radius 2 is 2.18 bits per heavy atom. The van der Waals surface area contributed by atoms with Gasteiger partial charge in [-0.05, 0) is 25.8 Å². The van der Waals surface area contributed by atoms with Gasteiger partial charge in [-0.3, -0.25) is 0 Å². The molecular formula is C12H17N3O2. The number of nitrogen functional groups attached to an aromatic ring is 1. The van der Waals surface area contributed by atoms with Crippen molar-refractivity contribution in [2.24, 2.45) is 0 Å². The van der Waals surface area contributed by atoms with Crippen LogP contribution in [0.4, 0.5) is 11.5 Å². The number of carboxylic acid groups (broad SMARTS) is 1. The number of hydrogen-bond acceptors (Lipinski definition) is 4. The van der Waals surface area contributed by atoms with Crippen LogP contribution in [0.3, 0.4) is 0 Å². The molecule has 1 saturated carbocycles. The van der Waals surface area contributed by atoms with Crippen LogP contribution in [0.25, 0.3) is 0 Å². The minimum Gasteiger partial charge on any atom is -0.478 e. The summed E-state index contributed by atoms with van der Waals surface area (Å²) >= 11 is 0. The highest BCUT2D eigenvalue weighted by molar-refractivity contribution is 5.94.